The maximum atomic E-state index is 13.6. The molecule has 1 aromatic carbocycles. The minimum atomic E-state index is -1.57. The van der Waals surface area contributed by atoms with Crippen LogP contribution in [-0.4, -0.2) is 128 Å². The van der Waals surface area contributed by atoms with Crippen LogP contribution >= 0.6 is 0 Å². The lowest BCUT2D eigenvalue weighted by Gasteiger charge is -2.31. The number of aromatic hydroxyl groups is 1. The standard InChI is InChI=1S/C31H47N9O11/c1-15(36-27(47)20(5-3-11-35-31(33)34)37-26(46)19(32)14-23(43)44)25(45)39-24(16(2)41)29(49)40-12-4-6-22(40)28(48)38-21(30(50)51)13-17-7-9-18(42)10-8-17/h7-10,15-16,19-22,24,41-42H,3-6,11-14,32H2,1-2H3,(H,36,47)(H,37,46)(H,38,48)(H,39,45)(H,43,44)(H,50,51)(H4,33,34,35)/t15-,16+,19-,20-,21-,22-,24-/m0/s1. The second kappa shape index (κ2) is 19.6. The number of guanidine groups is 1. The topological polar surface area (TPSA) is 342 Å². The van der Waals surface area contributed by atoms with Gasteiger partial charge in [0.25, 0.3) is 0 Å². The van der Waals surface area contributed by atoms with Gasteiger partial charge in [-0.3, -0.25) is 33.8 Å². The second-order valence-electron chi connectivity index (χ2n) is 12.1. The van der Waals surface area contributed by atoms with E-state index >= 15 is 0 Å². The summed E-state index contributed by atoms with van der Waals surface area (Å²) >= 11 is 0. The van der Waals surface area contributed by atoms with Crippen molar-refractivity contribution in [2.45, 2.75) is 94.7 Å². The number of amides is 5. The van der Waals surface area contributed by atoms with Crippen molar-refractivity contribution in [2.24, 2.45) is 22.2 Å². The van der Waals surface area contributed by atoms with E-state index in [1.54, 1.807) is 0 Å². The van der Waals surface area contributed by atoms with Gasteiger partial charge in [0.15, 0.2) is 5.96 Å². The first-order chi connectivity index (χ1) is 23.9. The third kappa shape index (κ3) is 13.4. The fraction of sp³-hybridized carbons (Fsp3) is 0.548. The molecule has 14 N–H and O–H groups in total. The Balaban J connectivity index is 2.11. The van der Waals surface area contributed by atoms with Gasteiger partial charge in [-0.15, -0.1) is 0 Å². The Morgan fingerprint density at radius 1 is 0.922 bits per heavy atom. The molecule has 7 atom stereocenters. The number of nitrogens with zero attached hydrogens (tertiary/aromatic N) is 2. The first-order valence-electron chi connectivity index (χ1n) is 16.1. The Morgan fingerprint density at radius 3 is 2.14 bits per heavy atom. The molecular formula is C31H47N9O11. The molecule has 1 aromatic rings. The SMILES string of the molecule is C[C@H](NC(=O)[C@H](CCCN=C(N)N)NC(=O)[C@@H](N)CC(=O)O)C(=O)N[C@H](C(=O)N1CCC[C@H]1C(=O)N[C@@H](Cc1ccc(O)cc1)C(=O)O)[C@@H](C)O. The Kier molecular flexibility index (Phi) is 16.0. The number of aliphatic hydroxyl groups is 1. The number of hydrogen-bond donors (Lipinski definition) is 11. The van der Waals surface area contributed by atoms with Gasteiger partial charge >= 0.3 is 11.9 Å². The number of aliphatic carboxylic acids is 2. The third-order valence-electron chi connectivity index (χ3n) is 7.94. The monoisotopic (exact) mass is 721 g/mol. The molecule has 20 heteroatoms. The van der Waals surface area contributed by atoms with E-state index in [1.807, 2.05) is 0 Å². The number of nitrogens with two attached hydrogens (primary N) is 3. The fourth-order valence-corrected chi connectivity index (χ4v) is 5.20. The summed E-state index contributed by atoms with van der Waals surface area (Å²) in [7, 11) is 0. The van der Waals surface area contributed by atoms with Crippen LogP contribution in [0.4, 0.5) is 0 Å². The molecule has 1 heterocycles. The molecule has 0 bridgehead atoms. The predicted molar refractivity (Wildman–Crippen MR) is 179 cm³/mol. The Morgan fingerprint density at radius 2 is 1.57 bits per heavy atom. The molecule has 0 radical (unpaired) electrons. The number of carboxylic acids is 2. The van der Waals surface area contributed by atoms with Crippen LogP contribution in [-0.2, 0) is 40.0 Å². The van der Waals surface area contributed by atoms with E-state index in [9.17, 15) is 48.9 Å². The quantitative estimate of drug-likeness (QED) is 0.0371. The van der Waals surface area contributed by atoms with Crippen LogP contribution in [0.1, 0.15) is 51.5 Å². The number of likely N-dealkylation sites (tertiary alicyclic amines) is 1. The second-order valence-corrected chi connectivity index (χ2v) is 12.1. The molecule has 20 nitrogen and oxygen atoms in total. The lowest BCUT2D eigenvalue weighted by molar-refractivity contribution is -0.146. The largest absolute Gasteiger partial charge is 0.508 e. The number of nitrogens with one attached hydrogen (secondary N) is 4. The molecule has 1 aliphatic heterocycles. The van der Waals surface area contributed by atoms with Crippen molar-refractivity contribution in [3.8, 4) is 5.75 Å². The number of benzene rings is 1. The lowest BCUT2D eigenvalue weighted by Crippen LogP contribution is -2.60. The zero-order valence-electron chi connectivity index (χ0n) is 28.3. The van der Waals surface area contributed by atoms with Crippen molar-refractivity contribution in [1.82, 2.24) is 26.2 Å². The van der Waals surface area contributed by atoms with Gasteiger partial charge in [-0.05, 0) is 57.2 Å². The highest BCUT2D eigenvalue weighted by Crippen LogP contribution is 2.20. The van der Waals surface area contributed by atoms with Gasteiger partial charge in [-0.25, -0.2) is 4.79 Å². The highest BCUT2D eigenvalue weighted by Gasteiger charge is 2.40. The maximum absolute atomic E-state index is 13.6. The number of carbonyl (C=O) groups is 7. The van der Waals surface area contributed by atoms with Crippen LogP contribution in [0.25, 0.3) is 0 Å². The average molecular weight is 722 g/mol. The Hall–Kier alpha value is -5.50. The molecule has 282 valence electrons. The summed E-state index contributed by atoms with van der Waals surface area (Å²) in [6.45, 7) is 2.67. The number of aliphatic hydroxyl groups excluding tert-OH is 1. The van der Waals surface area contributed by atoms with E-state index in [1.165, 1.54) is 38.1 Å². The minimum Gasteiger partial charge on any atom is -0.508 e. The smallest absolute Gasteiger partial charge is 0.326 e. The third-order valence-corrected chi connectivity index (χ3v) is 7.94. The summed E-state index contributed by atoms with van der Waals surface area (Å²) in [5.41, 5.74) is 16.8. The molecule has 0 spiro atoms. The molecule has 2 rings (SSSR count). The first kappa shape index (κ1) is 41.7. The Bertz CT molecular complexity index is 1450. The molecule has 0 aromatic heterocycles. The number of carbonyl (C=O) groups excluding carboxylic acids is 5. The highest BCUT2D eigenvalue weighted by atomic mass is 16.4. The van der Waals surface area contributed by atoms with Crippen molar-refractivity contribution in [3.05, 3.63) is 29.8 Å². The summed E-state index contributed by atoms with van der Waals surface area (Å²) in [5.74, 6) is -7.15. The van der Waals surface area contributed by atoms with Crippen molar-refractivity contribution in [1.29, 1.82) is 0 Å². The van der Waals surface area contributed by atoms with Gasteiger partial charge in [0.05, 0.1) is 18.6 Å². The van der Waals surface area contributed by atoms with Crippen LogP contribution in [0.3, 0.4) is 0 Å². The van der Waals surface area contributed by atoms with Crippen LogP contribution < -0.4 is 38.5 Å². The summed E-state index contributed by atoms with van der Waals surface area (Å²) in [4.78, 5) is 93.5. The molecule has 0 unspecified atom stereocenters. The summed E-state index contributed by atoms with van der Waals surface area (Å²) in [6.07, 6.45) is -1.56. The van der Waals surface area contributed by atoms with E-state index in [0.717, 1.165) is 4.90 Å². The van der Waals surface area contributed by atoms with Crippen LogP contribution in [0.5, 0.6) is 5.75 Å². The first-order valence-corrected chi connectivity index (χ1v) is 16.1. The molecular weight excluding hydrogens is 674 g/mol. The van der Waals surface area contributed by atoms with Crippen LogP contribution in [0.15, 0.2) is 29.3 Å². The zero-order valence-corrected chi connectivity index (χ0v) is 28.3. The van der Waals surface area contributed by atoms with Crippen LogP contribution in [0.2, 0.25) is 0 Å². The molecule has 0 saturated carbocycles. The summed E-state index contributed by atoms with van der Waals surface area (Å²) in [6, 6.07) is -2.36. The van der Waals surface area contributed by atoms with Crippen molar-refractivity contribution in [2.75, 3.05) is 13.1 Å². The van der Waals surface area contributed by atoms with Crippen LogP contribution in [0, 0.1) is 0 Å². The van der Waals surface area contributed by atoms with Crippen molar-refractivity contribution >= 4 is 47.4 Å². The molecule has 0 aliphatic carbocycles. The lowest BCUT2D eigenvalue weighted by atomic mass is 10.0. The number of phenols is 1. The highest BCUT2D eigenvalue weighted by molar-refractivity contribution is 5.97. The van der Waals surface area contributed by atoms with Gasteiger partial charge in [0, 0.05) is 19.5 Å². The number of phenolic OH excluding ortho intramolecular Hbond substituents is 1. The fourth-order valence-electron chi connectivity index (χ4n) is 5.20. The Labute approximate surface area is 293 Å². The predicted octanol–water partition coefficient (Wildman–Crippen LogP) is -3.79. The summed E-state index contributed by atoms with van der Waals surface area (Å²) < 4.78 is 0. The normalized spacial score (nSPS) is 17.4. The van der Waals surface area contributed by atoms with Crippen molar-refractivity contribution in [3.63, 3.8) is 0 Å². The number of rotatable bonds is 19. The van der Waals surface area contributed by atoms with E-state index in [-0.39, 0.29) is 50.5 Å². The van der Waals surface area contributed by atoms with Crippen molar-refractivity contribution < 1.29 is 54.0 Å². The molecule has 5 amide bonds. The van der Waals surface area contributed by atoms with Gasteiger partial charge in [-0.1, -0.05) is 12.1 Å². The number of aliphatic imine (C=N–C) groups is 1. The molecule has 1 aliphatic rings. The van der Waals surface area contributed by atoms with Gasteiger partial charge in [0.1, 0.15) is 36.0 Å². The molecule has 1 saturated heterocycles. The average Bonchev–Trinajstić information content (AvgIpc) is 3.54. The van der Waals surface area contributed by atoms with Gasteiger partial charge < -0.3 is 63.8 Å². The van der Waals surface area contributed by atoms with E-state index in [0.29, 0.717) is 12.0 Å². The van der Waals surface area contributed by atoms with E-state index in [2.05, 4.69) is 26.3 Å². The maximum Gasteiger partial charge on any atom is 0.326 e. The van der Waals surface area contributed by atoms with Gasteiger partial charge in [-0.2, -0.15) is 0 Å². The van der Waals surface area contributed by atoms with E-state index in [4.69, 9.17) is 22.3 Å². The molecule has 51 heavy (non-hydrogen) atoms. The van der Waals surface area contributed by atoms with E-state index < -0.39 is 90.3 Å². The number of hydrogen-bond acceptors (Lipinski definition) is 11. The van der Waals surface area contributed by atoms with Gasteiger partial charge in [0.2, 0.25) is 29.5 Å². The molecule has 1 fully saturated rings. The number of carboxylic acid groups (broad SMARTS) is 2. The summed E-state index contributed by atoms with van der Waals surface area (Å²) in [5, 5.41) is 48.2. The zero-order chi connectivity index (χ0) is 38.4. The minimum absolute atomic E-state index is 0.0184.